The number of nitrogen functional groups attached to an aromatic ring is 1. The fourth-order valence-electron chi connectivity index (χ4n) is 2.98. The zero-order chi connectivity index (χ0) is 13.7. The minimum absolute atomic E-state index is 0.381. The van der Waals surface area contributed by atoms with Crippen molar-refractivity contribution in [2.75, 3.05) is 5.73 Å². The molecule has 0 spiro atoms. The van der Waals surface area contributed by atoms with Gasteiger partial charge in [-0.1, -0.05) is 18.2 Å². The Kier molecular flexibility index (Phi) is 2.59. The standard InChI is InChI=1S/C16H21N3/c1-10(2)18-9-13-12-7-5-6-8-14(12)19(11(3)4)15(13)16(18)17/h5-11H,17H2,1-4H3. The molecule has 0 amide bonds. The summed E-state index contributed by atoms with van der Waals surface area (Å²) in [5.74, 6) is 0.870. The van der Waals surface area contributed by atoms with Gasteiger partial charge in [-0.3, -0.25) is 0 Å². The van der Waals surface area contributed by atoms with Crippen molar-refractivity contribution in [1.29, 1.82) is 0 Å². The molecule has 2 N–H and O–H groups in total. The zero-order valence-corrected chi connectivity index (χ0v) is 12.0. The van der Waals surface area contributed by atoms with Crippen LogP contribution in [-0.4, -0.2) is 9.13 Å². The van der Waals surface area contributed by atoms with Crippen LogP contribution in [0.4, 0.5) is 5.82 Å². The molecule has 3 heteroatoms. The second kappa shape index (κ2) is 4.05. The molecule has 100 valence electrons. The molecule has 0 bridgehead atoms. The summed E-state index contributed by atoms with van der Waals surface area (Å²) in [5, 5.41) is 2.55. The molecule has 3 aromatic rings. The van der Waals surface area contributed by atoms with Crippen LogP contribution in [0.25, 0.3) is 21.8 Å². The second-order valence-corrected chi connectivity index (χ2v) is 5.76. The number of nitrogens with two attached hydrogens (primary N) is 1. The van der Waals surface area contributed by atoms with Gasteiger partial charge in [0.2, 0.25) is 0 Å². The molecule has 0 fully saturated rings. The highest BCUT2D eigenvalue weighted by Crippen LogP contribution is 2.37. The number of hydrogen-bond donors (Lipinski definition) is 1. The van der Waals surface area contributed by atoms with Crippen molar-refractivity contribution in [3.8, 4) is 0 Å². The normalized spacial score (nSPS) is 12.3. The average molecular weight is 255 g/mol. The van der Waals surface area contributed by atoms with Crippen molar-refractivity contribution in [2.45, 2.75) is 39.8 Å². The first-order valence-electron chi connectivity index (χ1n) is 6.91. The lowest BCUT2D eigenvalue weighted by molar-refractivity contribution is 0.608. The Morgan fingerprint density at radius 1 is 0.947 bits per heavy atom. The smallest absolute Gasteiger partial charge is 0.128 e. The third kappa shape index (κ3) is 1.57. The van der Waals surface area contributed by atoms with Gasteiger partial charge < -0.3 is 14.9 Å². The van der Waals surface area contributed by atoms with Crippen molar-refractivity contribution >= 4 is 27.6 Å². The minimum Gasteiger partial charge on any atom is -0.383 e. The number of rotatable bonds is 2. The molecule has 0 aliphatic rings. The molecule has 2 aromatic heterocycles. The summed E-state index contributed by atoms with van der Waals surface area (Å²) in [4.78, 5) is 0. The van der Waals surface area contributed by atoms with E-state index >= 15 is 0 Å². The summed E-state index contributed by atoms with van der Waals surface area (Å²) in [7, 11) is 0. The molecule has 0 saturated carbocycles. The van der Waals surface area contributed by atoms with Crippen molar-refractivity contribution < 1.29 is 0 Å². The van der Waals surface area contributed by atoms with Gasteiger partial charge in [0.15, 0.2) is 0 Å². The first kappa shape index (κ1) is 12.2. The van der Waals surface area contributed by atoms with E-state index in [2.05, 4.69) is 67.3 Å². The summed E-state index contributed by atoms with van der Waals surface area (Å²) in [6, 6.07) is 9.32. The van der Waals surface area contributed by atoms with E-state index in [4.69, 9.17) is 5.73 Å². The van der Waals surface area contributed by atoms with Crippen molar-refractivity contribution in [3.63, 3.8) is 0 Å². The molecule has 19 heavy (non-hydrogen) atoms. The molecule has 2 heterocycles. The van der Waals surface area contributed by atoms with Crippen molar-refractivity contribution in [2.24, 2.45) is 0 Å². The van der Waals surface area contributed by atoms with Crippen LogP contribution in [0.5, 0.6) is 0 Å². The zero-order valence-electron chi connectivity index (χ0n) is 12.0. The monoisotopic (exact) mass is 255 g/mol. The predicted molar refractivity (Wildman–Crippen MR) is 82.6 cm³/mol. The summed E-state index contributed by atoms with van der Waals surface area (Å²) >= 11 is 0. The summed E-state index contributed by atoms with van der Waals surface area (Å²) < 4.78 is 4.51. The van der Waals surface area contributed by atoms with Crippen molar-refractivity contribution in [1.82, 2.24) is 9.13 Å². The van der Waals surface area contributed by atoms with Gasteiger partial charge in [0.05, 0.1) is 5.52 Å². The Morgan fingerprint density at radius 3 is 2.26 bits per heavy atom. The first-order chi connectivity index (χ1) is 9.02. The summed E-state index contributed by atoms with van der Waals surface area (Å²) in [6.07, 6.45) is 2.19. The molecular formula is C16H21N3. The van der Waals surface area contributed by atoms with Crippen LogP contribution >= 0.6 is 0 Å². The van der Waals surface area contributed by atoms with Crippen LogP contribution in [-0.2, 0) is 0 Å². The van der Waals surface area contributed by atoms with Crippen LogP contribution in [0.3, 0.4) is 0 Å². The van der Waals surface area contributed by atoms with E-state index < -0.39 is 0 Å². The van der Waals surface area contributed by atoms with E-state index in [1.54, 1.807) is 0 Å². The molecule has 0 aliphatic carbocycles. The number of nitrogens with zero attached hydrogens (tertiary/aromatic N) is 2. The summed E-state index contributed by atoms with van der Waals surface area (Å²) in [6.45, 7) is 8.74. The molecule has 0 unspecified atom stereocenters. The molecule has 3 rings (SSSR count). The van der Waals surface area contributed by atoms with Crippen LogP contribution in [0, 0.1) is 0 Å². The Balaban J connectivity index is 2.51. The number of para-hydroxylation sites is 1. The highest BCUT2D eigenvalue weighted by molar-refractivity contribution is 6.11. The van der Waals surface area contributed by atoms with E-state index in [1.807, 2.05) is 0 Å². The lowest BCUT2D eigenvalue weighted by atomic mass is 10.2. The molecule has 0 atom stereocenters. The maximum atomic E-state index is 6.38. The number of benzene rings is 1. The van der Waals surface area contributed by atoms with Crippen LogP contribution < -0.4 is 5.73 Å². The highest BCUT2D eigenvalue weighted by atomic mass is 15.1. The number of anilines is 1. The fourth-order valence-corrected chi connectivity index (χ4v) is 2.98. The fraction of sp³-hybridized carbons (Fsp3) is 0.375. The Labute approximate surface area is 113 Å². The topological polar surface area (TPSA) is 35.9 Å². The molecular weight excluding hydrogens is 234 g/mol. The van der Waals surface area contributed by atoms with E-state index in [0.29, 0.717) is 12.1 Å². The van der Waals surface area contributed by atoms with Gasteiger partial charge in [-0.25, -0.2) is 0 Å². The van der Waals surface area contributed by atoms with E-state index in [-0.39, 0.29) is 0 Å². The third-order valence-electron chi connectivity index (χ3n) is 3.81. The van der Waals surface area contributed by atoms with Gasteiger partial charge in [-0.15, -0.1) is 0 Å². The second-order valence-electron chi connectivity index (χ2n) is 5.76. The quantitative estimate of drug-likeness (QED) is 0.726. The molecule has 0 saturated heterocycles. The van der Waals surface area contributed by atoms with Gasteiger partial charge >= 0.3 is 0 Å². The van der Waals surface area contributed by atoms with Crippen LogP contribution in [0.15, 0.2) is 30.5 Å². The maximum absolute atomic E-state index is 6.38. The Hall–Kier alpha value is -1.90. The first-order valence-corrected chi connectivity index (χ1v) is 6.91. The van der Waals surface area contributed by atoms with E-state index in [0.717, 1.165) is 5.82 Å². The molecule has 0 aliphatic heterocycles. The minimum atomic E-state index is 0.381. The lowest BCUT2D eigenvalue weighted by Gasteiger charge is -2.14. The highest BCUT2D eigenvalue weighted by Gasteiger charge is 2.19. The Bertz CT molecular complexity index is 744. The van der Waals surface area contributed by atoms with E-state index in [1.165, 1.54) is 21.8 Å². The number of aromatic nitrogens is 2. The van der Waals surface area contributed by atoms with E-state index in [9.17, 15) is 0 Å². The largest absolute Gasteiger partial charge is 0.383 e. The van der Waals surface area contributed by atoms with Gasteiger partial charge in [0.1, 0.15) is 5.82 Å². The van der Waals surface area contributed by atoms with Crippen LogP contribution in [0.1, 0.15) is 39.8 Å². The summed E-state index contributed by atoms with van der Waals surface area (Å²) in [5.41, 5.74) is 8.82. The molecule has 0 radical (unpaired) electrons. The lowest BCUT2D eigenvalue weighted by Crippen LogP contribution is -2.07. The SMILES string of the molecule is CC(C)n1cc2c3ccccc3n(C(C)C)c2c1N. The number of hydrogen-bond acceptors (Lipinski definition) is 1. The molecule has 1 aromatic carbocycles. The van der Waals surface area contributed by atoms with Gasteiger partial charge in [-0.2, -0.15) is 0 Å². The van der Waals surface area contributed by atoms with Gasteiger partial charge in [0, 0.05) is 34.6 Å². The van der Waals surface area contributed by atoms with Gasteiger partial charge in [-0.05, 0) is 33.8 Å². The van der Waals surface area contributed by atoms with Crippen molar-refractivity contribution in [3.05, 3.63) is 30.5 Å². The number of fused-ring (bicyclic) bond motifs is 3. The van der Waals surface area contributed by atoms with Gasteiger partial charge in [0.25, 0.3) is 0 Å². The predicted octanol–water partition coefficient (Wildman–Crippen LogP) is 4.34. The Morgan fingerprint density at radius 2 is 1.63 bits per heavy atom. The maximum Gasteiger partial charge on any atom is 0.128 e. The average Bonchev–Trinajstić information content (AvgIpc) is 2.85. The molecule has 3 nitrogen and oxygen atoms in total. The van der Waals surface area contributed by atoms with Crippen LogP contribution in [0.2, 0.25) is 0 Å². The third-order valence-corrected chi connectivity index (χ3v) is 3.81.